The number of rotatable bonds is 3. The van der Waals surface area contributed by atoms with Gasteiger partial charge in [-0.2, -0.15) is 0 Å². The molecule has 2 nitrogen and oxygen atoms in total. The first-order valence-electron chi connectivity index (χ1n) is 6.00. The van der Waals surface area contributed by atoms with Gasteiger partial charge in [0.25, 0.3) is 0 Å². The van der Waals surface area contributed by atoms with E-state index in [0.717, 1.165) is 24.2 Å². The summed E-state index contributed by atoms with van der Waals surface area (Å²) in [6.07, 6.45) is 7.00. The molecule has 0 spiro atoms. The van der Waals surface area contributed by atoms with Gasteiger partial charge in [-0.25, -0.2) is 0 Å². The minimum atomic E-state index is -0.0671. The van der Waals surface area contributed by atoms with Crippen molar-refractivity contribution in [1.82, 2.24) is 0 Å². The van der Waals surface area contributed by atoms with Gasteiger partial charge in [-0.3, -0.25) is 0 Å². The smallest absolute Gasteiger partial charge is 0.125 e. The maximum Gasteiger partial charge on any atom is 0.125 e. The first-order valence-corrected chi connectivity index (χ1v) is 6.38. The average Bonchev–Trinajstić information content (AvgIpc) is 2.39. The fourth-order valence-electron chi connectivity index (χ4n) is 2.29. The van der Waals surface area contributed by atoms with Crippen molar-refractivity contribution in [2.24, 2.45) is 5.73 Å². The summed E-state index contributed by atoms with van der Waals surface area (Å²) in [6.45, 7) is 0. The average molecular weight is 252 g/mol. The molecule has 1 aromatic rings. The molecule has 2 N–H and O–H groups in total. The summed E-state index contributed by atoms with van der Waals surface area (Å²) >= 11 is 5.95. The monoisotopic (exact) mass is 251 g/mol. The lowest BCUT2D eigenvalue weighted by molar-refractivity contribution is 0.407. The molecular formula is C14H18ClNO. The van der Waals surface area contributed by atoms with Crippen LogP contribution in [0.5, 0.6) is 5.75 Å². The molecule has 0 saturated heterocycles. The van der Waals surface area contributed by atoms with Crippen LogP contribution in [0.15, 0.2) is 29.8 Å². The third-order valence-corrected chi connectivity index (χ3v) is 3.49. The Morgan fingerprint density at radius 3 is 2.82 bits per heavy atom. The Balaban J connectivity index is 2.29. The highest BCUT2D eigenvalue weighted by Gasteiger charge is 2.17. The fraction of sp³-hybridized carbons (Fsp3) is 0.429. The number of nitrogens with two attached hydrogens (primary N) is 1. The molecular weight excluding hydrogens is 234 g/mol. The Hall–Kier alpha value is -0.990. The topological polar surface area (TPSA) is 35.2 Å². The highest BCUT2D eigenvalue weighted by molar-refractivity contribution is 6.30. The normalized spacial score (nSPS) is 17.5. The second-order valence-corrected chi connectivity index (χ2v) is 4.83. The molecule has 1 aliphatic carbocycles. The van der Waals surface area contributed by atoms with Crippen LogP contribution < -0.4 is 10.5 Å². The molecule has 17 heavy (non-hydrogen) atoms. The molecule has 92 valence electrons. The van der Waals surface area contributed by atoms with Crippen molar-refractivity contribution >= 4 is 11.6 Å². The van der Waals surface area contributed by atoms with E-state index in [2.05, 4.69) is 6.08 Å². The van der Waals surface area contributed by atoms with Crippen LogP contribution in [0.2, 0.25) is 5.02 Å². The van der Waals surface area contributed by atoms with Gasteiger partial charge in [0.15, 0.2) is 0 Å². The van der Waals surface area contributed by atoms with Gasteiger partial charge in [-0.1, -0.05) is 29.3 Å². The van der Waals surface area contributed by atoms with Crippen LogP contribution in [0.3, 0.4) is 0 Å². The van der Waals surface area contributed by atoms with Gasteiger partial charge in [-0.15, -0.1) is 0 Å². The number of hydrogen-bond donors (Lipinski definition) is 1. The van der Waals surface area contributed by atoms with Crippen molar-refractivity contribution in [3.05, 3.63) is 40.4 Å². The lowest BCUT2D eigenvalue weighted by Gasteiger charge is -2.21. The zero-order valence-corrected chi connectivity index (χ0v) is 10.8. The second-order valence-electron chi connectivity index (χ2n) is 4.39. The van der Waals surface area contributed by atoms with E-state index in [1.165, 1.54) is 18.4 Å². The standard InChI is InChI=1S/C14H18ClNO/c1-17-13-9-11(15)7-8-12(13)14(16)10-5-3-2-4-6-10/h5,7-9,14H,2-4,6,16H2,1H3. The molecule has 0 amide bonds. The quantitative estimate of drug-likeness (QED) is 0.829. The number of benzene rings is 1. The van der Waals surface area contributed by atoms with Gasteiger partial charge < -0.3 is 10.5 Å². The van der Waals surface area contributed by atoms with E-state index < -0.39 is 0 Å². The Morgan fingerprint density at radius 1 is 1.35 bits per heavy atom. The molecule has 0 radical (unpaired) electrons. The predicted molar refractivity (Wildman–Crippen MR) is 71.5 cm³/mol. The Labute approximate surface area is 107 Å². The second kappa shape index (κ2) is 5.56. The molecule has 1 aromatic carbocycles. The lowest BCUT2D eigenvalue weighted by Crippen LogP contribution is -2.15. The molecule has 0 aromatic heterocycles. The third kappa shape index (κ3) is 2.82. The minimum Gasteiger partial charge on any atom is -0.496 e. The van der Waals surface area contributed by atoms with Crippen molar-refractivity contribution in [3.63, 3.8) is 0 Å². The maximum atomic E-state index is 6.30. The van der Waals surface area contributed by atoms with Crippen LogP contribution in [0, 0.1) is 0 Å². The van der Waals surface area contributed by atoms with Crippen LogP contribution in [0.25, 0.3) is 0 Å². The van der Waals surface area contributed by atoms with Gasteiger partial charge in [0.1, 0.15) is 5.75 Å². The highest BCUT2D eigenvalue weighted by atomic mass is 35.5. The van der Waals surface area contributed by atoms with E-state index in [1.807, 2.05) is 18.2 Å². The largest absolute Gasteiger partial charge is 0.496 e. The fourth-order valence-corrected chi connectivity index (χ4v) is 2.45. The van der Waals surface area contributed by atoms with Crippen LogP contribution in [0.1, 0.15) is 37.3 Å². The van der Waals surface area contributed by atoms with Crippen molar-refractivity contribution in [2.75, 3.05) is 7.11 Å². The van der Waals surface area contributed by atoms with Gasteiger partial charge in [0.2, 0.25) is 0 Å². The summed E-state index contributed by atoms with van der Waals surface area (Å²) in [5, 5.41) is 0.676. The van der Waals surface area contributed by atoms with Gasteiger partial charge >= 0.3 is 0 Å². The number of hydrogen-bond acceptors (Lipinski definition) is 2. The molecule has 0 aliphatic heterocycles. The van der Waals surface area contributed by atoms with Gasteiger partial charge in [0, 0.05) is 10.6 Å². The maximum absolute atomic E-state index is 6.30. The third-order valence-electron chi connectivity index (χ3n) is 3.26. The zero-order valence-electron chi connectivity index (χ0n) is 10.1. The molecule has 1 unspecified atom stereocenters. The minimum absolute atomic E-state index is 0.0671. The first-order chi connectivity index (χ1) is 8.22. The molecule has 0 heterocycles. The van der Waals surface area contributed by atoms with E-state index in [4.69, 9.17) is 22.1 Å². The zero-order chi connectivity index (χ0) is 12.3. The first kappa shape index (κ1) is 12.5. The summed E-state index contributed by atoms with van der Waals surface area (Å²) in [5.41, 5.74) is 8.64. The molecule has 0 saturated carbocycles. The van der Waals surface area contributed by atoms with Crippen LogP contribution >= 0.6 is 11.6 Å². The predicted octanol–water partition coefficient (Wildman–Crippen LogP) is 3.85. The summed E-state index contributed by atoms with van der Waals surface area (Å²) in [5.74, 6) is 0.775. The number of halogens is 1. The van der Waals surface area contributed by atoms with Crippen molar-refractivity contribution in [2.45, 2.75) is 31.7 Å². The number of methoxy groups -OCH3 is 1. The van der Waals surface area contributed by atoms with Crippen LogP contribution in [-0.2, 0) is 0 Å². The number of allylic oxidation sites excluding steroid dienone is 1. The lowest BCUT2D eigenvalue weighted by atomic mass is 9.90. The Kier molecular flexibility index (Phi) is 4.08. The SMILES string of the molecule is COc1cc(Cl)ccc1C(N)C1=CCCCC1. The van der Waals surface area contributed by atoms with E-state index in [9.17, 15) is 0 Å². The molecule has 3 heteroatoms. The summed E-state index contributed by atoms with van der Waals surface area (Å²) in [4.78, 5) is 0. The molecule has 2 rings (SSSR count). The number of ether oxygens (including phenoxy) is 1. The van der Waals surface area contributed by atoms with E-state index in [0.29, 0.717) is 5.02 Å². The van der Waals surface area contributed by atoms with Crippen molar-refractivity contribution in [3.8, 4) is 5.75 Å². The Bertz CT molecular complexity index is 428. The van der Waals surface area contributed by atoms with E-state index in [-0.39, 0.29) is 6.04 Å². The van der Waals surface area contributed by atoms with Gasteiger partial charge in [0.05, 0.1) is 13.2 Å². The van der Waals surface area contributed by atoms with Crippen LogP contribution in [0.4, 0.5) is 0 Å². The van der Waals surface area contributed by atoms with Crippen LogP contribution in [-0.4, -0.2) is 7.11 Å². The molecule has 0 fully saturated rings. The molecule has 0 bridgehead atoms. The summed E-state index contributed by atoms with van der Waals surface area (Å²) < 4.78 is 5.35. The highest BCUT2D eigenvalue weighted by Crippen LogP contribution is 2.34. The molecule has 1 aliphatic rings. The van der Waals surface area contributed by atoms with Gasteiger partial charge in [-0.05, 0) is 37.8 Å². The van der Waals surface area contributed by atoms with E-state index >= 15 is 0 Å². The molecule has 1 atom stereocenters. The summed E-state index contributed by atoms with van der Waals surface area (Å²) in [6, 6.07) is 5.58. The van der Waals surface area contributed by atoms with Crippen molar-refractivity contribution in [1.29, 1.82) is 0 Å². The Morgan fingerprint density at radius 2 is 2.18 bits per heavy atom. The van der Waals surface area contributed by atoms with Crippen molar-refractivity contribution < 1.29 is 4.74 Å². The summed E-state index contributed by atoms with van der Waals surface area (Å²) in [7, 11) is 1.65. The van der Waals surface area contributed by atoms with E-state index in [1.54, 1.807) is 7.11 Å².